The van der Waals surface area contributed by atoms with Gasteiger partial charge in [0.2, 0.25) is 0 Å². The molecular formula is C14H19ClO3. The number of hydrogen-bond acceptors (Lipinski definition) is 3. The normalized spacial score (nSPS) is 13.2. The number of ether oxygens (including phenoxy) is 1. The topological polar surface area (TPSA) is 46.5 Å². The Balaban J connectivity index is 2.46. The number of benzene rings is 1. The van der Waals surface area contributed by atoms with E-state index in [1.165, 1.54) is 0 Å². The number of rotatable bonds is 4. The molecule has 18 heavy (non-hydrogen) atoms. The van der Waals surface area contributed by atoms with Crippen molar-refractivity contribution in [3.63, 3.8) is 0 Å². The van der Waals surface area contributed by atoms with E-state index in [2.05, 4.69) is 0 Å². The van der Waals surface area contributed by atoms with Crippen LogP contribution in [-0.4, -0.2) is 16.7 Å². The molecule has 0 aliphatic rings. The molecule has 0 aliphatic heterocycles. The highest BCUT2D eigenvalue weighted by molar-refractivity contribution is 6.30. The number of hydrogen-bond donors (Lipinski definition) is 1. The van der Waals surface area contributed by atoms with Crippen LogP contribution in [0.15, 0.2) is 24.3 Å². The van der Waals surface area contributed by atoms with Crippen molar-refractivity contribution in [2.75, 3.05) is 0 Å². The van der Waals surface area contributed by atoms with Gasteiger partial charge in [0.05, 0.1) is 6.10 Å². The fraction of sp³-hybridized carbons (Fsp3) is 0.500. The highest BCUT2D eigenvalue weighted by Crippen LogP contribution is 2.22. The lowest BCUT2D eigenvalue weighted by Crippen LogP contribution is -2.24. The van der Waals surface area contributed by atoms with Crippen LogP contribution in [-0.2, 0) is 9.53 Å². The van der Waals surface area contributed by atoms with E-state index >= 15 is 0 Å². The van der Waals surface area contributed by atoms with E-state index in [0.717, 1.165) is 0 Å². The molecule has 0 bridgehead atoms. The van der Waals surface area contributed by atoms with Gasteiger partial charge >= 0.3 is 5.97 Å². The summed E-state index contributed by atoms with van der Waals surface area (Å²) in [6.45, 7) is 5.45. The first-order valence-corrected chi connectivity index (χ1v) is 6.31. The largest absolute Gasteiger partial charge is 0.460 e. The molecule has 0 aliphatic carbocycles. The van der Waals surface area contributed by atoms with E-state index in [0.29, 0.717) is 17.0 Å². The van der Waals surface area contributed by atoms with Gasteiger partial charge in [0.15, 0.2) is 0 Å². The van der Waals surface area contributed by atoms with Gasteiger partial charge in [-0.15, -0.1) is 0 Å². The molecule has 4 heteroatoms. The van der Waals surface area contributed by atoms with E-state index in [1.807, 2.05) is 20.8 Å². The standard InChI is InChI=1S/C14H19ClO3/c1-14(2,3)18-13(17)8-7-12(16)10-5-4-6-11(15)9-10/h4-6,9,12,16H,7-8H2,1-3H3. The zero-order valence-electron chi connectivity index (χ0n) is 10.9. The van der Waals surface area contributed by atoms with Gasteiger partial charge in [-0.05, 0) is 44.9 Å². The molecule has 1 N–H and O–H groups in total. The van der Waals surface area contributed by atoms with Crippen molar-refractivity contribution in [2.45, 2.75) is 45.3 Å². The maximum absolute atomic E-state index is 11.5. The van der Waals surface area contributed by atoms with Crippen molar-refractivity contribution < 1.29 is 14.6 Å². The molecule has 0 saturated heterocycles. The molecule has 0 amide bonds. The number of halogens is 1. The second kappa shape index (κ2) is 6.21. The fourth-order valence-electron chi connectivity index (χ4n) is 1.53. The van der Waals surface area contributed by atoms with Gasteiger partial charge in [-0.25, -0.2) is 0 Å². The highest BCUT2D eigenvalue weighted by Gasteiger charge is 2.17. The molecule has 3 nitrogen and oxygen atoms in total. The Morgan fingerprint density at radius 1 is 1.44 bits per heavy atom. The Bertz CT molecular complexity index is 410. The molecule has 0 saturated carbocycles. The first kappa shape index (κ1) is 15.0. The van der Waals surface area contributed by atoms with E-state index in [9.17, 15) is 9.90 Å². The molecule has 1 rings (SSSR count). The van der Waals surface area contributed by atoms with Gasteiger partial charge in [0.25, 0.3) is 0 Å². The molecule has 0 spiro atoms. The van der Waals surface area contributed by atoms with Crippen LogP contribution < -0.4 is 0 Å². The maximum Gasteiger partial charge on any atom is 0.306 e. The van der Waals surface area contributed by atoms with Gasteiger partial charge in [-0.2, -0.15) is 0 Å². The minimum Gasteiger partial charge on any atom is -0.460 e. The van der Waals surface area contributed by atoms with Crippen LogP contribution >= 0.6 is 11.6 Å². The van der Waals surface area contributed by atoms with Crippen LogP contribution in [0.4, 0.5) is 0 Å². The molecule has 1 atom stereocenters. The van der Waals surface area contributed by atoms with E-state index in [-0.39, 0.29) is 12.4 Å². The molecular weight excluding hydrogens is 252 g/mol. The van der Waals surface area contributed by atoms with E-state index < -0.39 is 11.7 Å². The summed E-state index contributed by atoms with van der Waals surface area (Å²) in [5.41, 5.74) is 0.226. The smallest absolute Gasteiger partial charge is 0.306 e. The first-order chi connectivity index (χ1) is 8.28. The second-order valence-electron chi connectivity index (χ2n) is 5.20. The number of carbonyl (C=O) groups is 1. The summed E-state index contributed by atoms with van der Waals surface area (Å²) in [4.78, 5) is 11.5. The van der Waals surface area contributed by atoms with Crippen LogP contribution in [0.1, 0.15) is 45.3 Å². The molecule has 1 aromatic rings. The van der Waals surface area contributed by atoms with Crippen molar-refractivity contribution in [3.8, 4) is 0 Å². The lowest BCUT2D eigenvalue weighted by atomic mass is 10.1. The van der Waals surface area contributed by atoms with Gasteiger partial charge in [0, 0.05) is 11.4 Å². The quantitative estimate of drug-likeness (QED) is 0.852. The summed E-state index contributed by atoms with van der Waals surface area (Å²) in [6.07, 6.45) is -0.184. The summed E-state index contributed by atoms with van der Waals surface area (Å²) in [7, 11) is 0. The Morgan fingerprint density at radius 2 is 2.11 bits per heavy atom. The van der Waals surface area contributed by atoms with Gasteiger partial charge in [0.1, 0.15) is 5.60 Å². The van der Waals surface area contributed by atoms with Gasteiger partial charge in [-0.1, -0.05) is 23.7 Å². The Morgan fingerprint density at radius 3 is 2.67 bits per heavy atom. The van der Waals surface area contributed by atoms with Crippen LogP contribution in [0.5, 0.6) is 0 Å². The van der Waals surface area contributed by atoms with Crippen LogP contribution in [0.3, 0.4) is 0 Å². The first-order valence-electron chi connectivity index (χ1n) is 5.93. The van der Waals surface area contributed by atoms with E-state index in [4.69, 9.17) is 16.3 Å². The van der Waals surface area contributed by atoms with E-state index in [1.54, 1.807) is 24.3 Å². The van der Waals surface area contributed by atoms with Crippen molar-refractivity contribution in [3.05, 3.63) is 34.9 Å². The minimum atomic E-state index is -0.698. The lowest BCUT2D eigenvalue weighted by Gasteiger charge is -2.20. The molecule has 0 fully saturated rings. The van der Waals surface area contributed by atoms with Crippen LogP contribution in [0.2, 0.25) is 5.02 Å². The average Bonchev–Trinajstić information content (AvgIpc) is 2.23. The molecule has 0 heterocycles. The Kier molecular flexibility index (Phi) is 5.17. The average molecular weight is 271 g/mol. The number of esters is 1. The molecule has 0 radical (unpaired) electrons. The van der Waals surface area contributed by atoms with Crippen LogP contribution in [0.25, 0.3) is 0 Å². The summed E-state index contributed by atoms with van der Waals surface area (Å²) >= 11 is 5.84. The molecule has 1 unspecified atom stereocenters. The Hall–Kier alpha value is -1.06. The van der Waals surface area contributed by atoms with Crippen molar-refractivity contribution in [1.82, 2.24) is 0 Å². The van der Waals surface area contributed by atoms with Crippen LogP contribution in [0, 0.1) is 0 Å². The molecule has 100 valence electrons. The predicted octanol–water partition coefficient (Wildman–Crippen LogP) is 3.50. The number of carbonyl (C=O) groups excluding carboxylic acids is 1. The zero-order valence-corrected chi connectivity index (χ0v) is 11.7. The number of aliphatic hydroxyl groups excluding tert-OH is 1. The maximum atomic E-state index is 11.5. The summed E-state index contributed by atoms with van der Waals surface area (Å²) in [6, 6.07) is 6.99. The number of aliphatic hydroxyl groups is 1. The van der Waals surface area contributed by atoms with Gasteiger partial charge in [-0.3, -0.25) is 4.79 Å². The molecule has 0 aromatic heterocycles. The van der Waals surface area contributed by atoms with Crippen molar-refractivity contribution in [1.29, 1.82) is 0 Å². The zero-order chi connectivity index (χ0) is 13.8. The summed E-state index contributed by atoms with van der Waals surface area (Å²) in [5.74, 6) is -0.302. The highest BCUT2D eigenvalue weighted by atomic mass is 35.5. The van der Waals surface area contributed by atoms with Crippen molar-refractivity contribution in [2.24, 2.45) is 0 Å². The second-order valence-corrected chi connectivity index (χ2v) is 5.63. The van der Waals surface area contributed by atoms with Crippen molar-refractivity contribution >= 4 is 17.6 Å². The lowest BCUT2D eigenvalue weighted by molar-refractivity contribution is -0.155. The van der Waals surface area contributed by atoms with Gasteiger partial charge < -0.3 is 9.84 Å². The SMILES string of the molecule is CC(C)(C)OC(=O)CCC(O)c1cccc(Cl)c1. The third-order valence-electron chi connectivity index (χ3n) is 2.28. The third-order valence-corrected chi connectivity index (χ3v) is 2.51. The fourth-order valence-corrected chi connectivity index (χ4v) is 1.73. The molecule has 1 aromatic carbocycles. The summed E-state index contributed by atoms with van der Waals surface area (Å²) in [5, 5.41) is 10.5. The predicted molar refractivity (Wildman–Crippen MR) is 71.5 cm³/mol. The Labute approximate surface area is 113 Å². The minimum absolute atomic E-state index is 0.185. The third kappa shape index (κ3) is 5.52. The monoisotopic (exact) mass is 270 g/mol. The summed E-state index contributed by atoms with van der Waals surface area (Å²) < 4.78 is 5.17.